The lowest BCUT2D eigenvalue weighted by Crippen LogP contribution is -2.27. The summed E-state index contributed by atoms with van der Waals surface area (Å²) < 4.78 is 2.12. The number of nitrogens with one attached hydrogen (secondary N) is 1. The van der Waals surface area contributed by atoms with Gasteiger partial charge in [0.15, 0.2) is 0 Å². The van der Waals surface area contributed by atoms with E-state index in [9.17, 15) is 0 Å². The van der Waals surface area contributed by atoms with E-state index in [-0.39, 0.29) is 0 Å². The summed E-state index contributed by atoms with van der Waals surface area (Å²) in [5, 5.41) is 3.55. The van der Waals surface area contributed by atoms with Crippen molar-refractivity contribution in [3.63, 3.8) is 0 Å². The van der Waals surface area contributed by atoms with Crippen molar-refractivity contribution >= 4 is 0 Å². The van der Waals surface area contributed by atoms with E-state index in [4.69, 9.17) is 0 Å². The first-order valence-electron chi connectivity index (χ1n) is 5.29. The summed E-state index contributed by atoms with van der Waals surface area (Å²) in [6.45, 7) is 2.16. The van der Waals surface area contributed by atoms with Crippen LogP contribution in [-0.4, -0.2) is 22.1 Å². The maximum absolute atomic E-state index is 4.01. The highest BCUT2D eigenvalue weighted by Crippen LogP contribution is 2.08. The van der Waals surface area contributed by atoms with Crippen LogP contribution in [0.5, 0.6) is 0 Å². The van der Waals surface area contributed by atoms with Crippen molar-refractivity contribution in [1.82, 2.24) is 14.9 Å². The highest BCUT2D eigenvalue weighted by Gasteiger charge is 2.07. The summed E-state index contributed by atoms with van der Waals surface area (Å²) >= 11 is 0. The second-order valence-electron chi connectivity index (χ2n) is 3.75. The van der Waals surface area contributed by atoms with Gasteiger partial charge in [0, 0.05) is 25.0 Å². The monoisotopic (exact) mass is 191 g/mol. The maximum atomic E-state index is 4.01. The molecule has 3 heteroatoms. The lowest BCUT2D eigenvalue weighted by atomic mass is 10.2. The van der Waals surface area contributed by atoms with E-state index in [0.717, 1.165) is 13.1 Å². The molecule has 0 radical (unpaired) electrons. The highest BCUT2D eigenvalue weighted by molar-refractivity contribution is 4.97. The Morgan fingerprint density at radius 1 is 1.36 bits per heavy atom. The Kier molecular flexibility index (Phi) is 3.35. The molecule has 1 heterocycles. The Morgan fingerprint density at radius 3 is 2.93 bits per heavy atom. The topological polar surface area (TPSA) is 29.9 Å². The number of nitrogens with zero attached hydrogens (tertiary/aromatic N) is 2. The van der Waals surface area contributed by atoms with Gasteiger partial charge in [-0.2, -0.15) is 0 Å². The highest BCUT2D eigenvalue weighted by atomic mass is 15.0. The van der Waals surface area contributed by atoms with E-state index < -0.39 is 0 Å². The summed E-state index contributed by atoms with van der Waals surface area (Å²) in [6, 6.07) is 0.692. The molecule has 0 saturated heterocycles. The molecule has 0 saturated carbocycles. The number of aromatic nitrogens is 2. The van der Waals surface area contributed by atoms with Crippen molar-refractivity contribution in [2.75, 3.05) is 6.54 Å². The fourth-order valence-electron chi connectivity index (χ4n) is 1.77. The van der Waals surface area contributed by atoms with Crippen LogP contribution >= 0.6 is 0 Å². The summed E-state index contributed by atoms with van der Waals surface area (Å²) in [5.74, 6) is 0. The first kappa shape index (κ1) is 9.46. The molecule has 76 valence electrons. The second-order valence-corrected chi connectivity index (χ2v) is 3.75. The molecule has 3 nitrogen and oxygen atoms in total. The lowest BCUT2D eigenvalue weighted by Gasteiger charge is -2.11. The largest absolute Gasteiger partial charge is 0.337 e. The lowest BCUT2D eigenvalue weighted by molar-refractivity contribution is 0.505. The third-order valence-corrected chi connectivity index (χ3v) is 2.59. The SMILES string of the molecule is C1=CCC(NCCCn2ccnc2)C1. The molecule has 0 unspecified atom stereocenters. The number of aryl methyl sites for hydroxylation is 1. The Balaban J connectivity index is 1.55. The first-order valence-corrected chi connectivity index (χ1v) is 5.29. The van der Waals surface area contributed by atoms with E-state index in [1.807, 2.05) is 18.7 Å². The summed E-state index contributed by atoms with van der Waals surface area (Å²) in [5.41, 5.74) is 0. The molecule has 0 bridgehead atoms. The van der Waals surface area contributed by atoms with Gasteiger partial charge in [-0.15, -0.1) is 0 Å². The molecule has 1 aromatic rings. The molecular formula is C11H17N3. The minimum atomic E-state index is 0.692. The molecule has 1 aromatic heterocycles. The van der Waals surface area contributed by atoms with Crippen LogP contribution in [0.1, 0.15) is 19.3 Å². The van der Waals surface area contributed by atoms with Gasteiger partial charge < -0.3 is 9.88 Å². The fraction of sp³-hybridized carbons (Fsp3) is 0.545. The third-order valence-electron chi connectivity index (χ3n) is 2.59. The molecule has 14 heavy (non-hydrogen) atoms. The van der Waals surface area contributed by atoms with E-state index in [0.29, 0.717) is 6.04 Å². The Morgan fingerprint density at radius 2 is 2.21 bits per heavy atom. The van der Waals surface area contributed by atoms with Gasteiger partial charge in [0.25, 0.3) is 0 Å². The predicted molar refractivity (Wildman–Crippen MR) is 57.0 cm³/mol. The zero-order valence-electron chi connectivity index (χ0n) is 8.39. The van der Waals surface area contributed by atoms with Crippen LogP contribution in [0, 0.1) is 0 Å². The molecule has 0 aliphatic heterocycles. The average Bonchev–Trinajstić information content (AvgIpc) is 2.86. The summed E-state index contributed by atoms with van der Waals surface area (Å²) in [6.07, 6.45) is 13.8. The van der Waals surface area contributed by atoms with Crippen molar-refractivity contribution in [2.45, 2.75) is 31.8 Å². The van der Waals surface area contributed by atoms with E-state index in [1.54, 1.807) is 0 Å². The quantitative estimate of drug-likeness (QED) is 0.565. The number of hydrogen-bond acceptors (Lipinski definition) is 2. The van der Waals surface area contributed by atoms with Gasteiger partial charge in [0.2, 0.25) is 0 Å². The van der Waals surface area contributed by atoms with Gasteiger partial charge >= 0.3 is 0 Å². The van der Waals surface area contributed by atoms with Gasteiger partial charge in [-0.05, 0) is 25.8 Å². The molecule has 1 aliphatic carbocycles. The minimum absolute atomic E-state index is 0.692. The standard InChI is InChI=1S/C11H17N3/c1-2-5-11(4-1)13-6-3-8-14-9-7-12-10-14/h1-2,7,9-11,13H,3-6,8H2. The van der Waals surface area contributed by atoms with Crippen molar-refractivity contribution in [3.8, 4) is 0 Å². The normalized spacial score (nSPS) is 16.6. The van der Waals surface area contributed by atoms with Crippen LogP contribution < -0.4 is 5.32 Å². The maximum Gasteiger partial charge on any atom is 0.0945 e. The minimum Gasteiger partial charge on any atom is -0.337 e. The van der Waals surface area contributed by atoms with E-state index >= 15 is 0 Å². The molecule has 0 spiro atoms. The zero-order chi connectivity index (χ0) is 9.64. The second kappa shape index (κ2) is 4.96. The average molecular weight is 191 g/mol. The molecule has 0 atom stereocenters. The van der Waals surface area contributed by atoms with Gasteiger partial charge in [-0.3, -0.25) is 0 Å². The summed E-state index contributed by atoms with van der Waals surface area (Å²) in [7, 11) is 0. The zero-order valence-corrected chi connectivity index (χ0v) is 8.39. The number of hydrogen-bond donors (Lipinski definition) is 1. The Labute approximate surface area is 84.8 Å². The number of imidazole rings is 1. The van der Waals surface area contributed by atoms with Crippen LogP contribution in [0.3, 0.4) is 0 Å². The Bertz CT molecular complexity index is 269. The smallest absolute Gasteiger partial charge is 0.0945 e. The van der Waals surface area contributed by atoms with E-state index in [1.165, 1.54) is 19.3 Å². The molecular weight excluding hydrogens is 174 g/mol. The van der Waals surface area contributed by atoms with E-state index in [2.05, 4.69) is 27.0 Å². The number of rotatable bonds is 5. The van der Waals surface area contributed by atoms with Gasteiger partial charge in [-0.25, -0.2) is 4.98 Å². The van der Waals surface area contributed by atoms with Crippen LogP contribution in [-0.2, 0) is 6.54 Å². The molecule has 1 N–H and O–H groups in total. The van der Waals surface area contributed by atoms with Gasteiger partial charge in [0.05, 0.1) is 6.33 Å². The molecule has 0 amide bonds. The van der Waals surface area contributed by atoms with Crippen LogP contribution in [0.4, 0.5) is 0 Å². The van der Waals surface area contributed by atoms with Crippen molar-refractivity contribution < 1.29 is 0 Å². The first-order chi connectivity index (χ1) is 6.95. The van der Waals surface area contributed by atoms with Gasteiger partial charge in [0.1, 0.15) is 0 Å². The van der Waals surface area contributed by atoms with Crippen LogP contribution in [0.25, 0.3) is 0 Å². The van der Waals surface area contributed by atoms with Crippen molar-refractivity contribution in [2.24, 2.45) is 0 Å². The van der Waals surface area contributed by atoms with Gasteiger partial charge in [-0.1, -0.05) is 12.2 Å². The molecule has 1 aliphatic rings. The summed E-state index contributed by atoms with van der Waals surface area (Å²) in [4.78, 5) is 4.01. The fourth-order valence-corrected chi connectivity index (χ4v) is 1.77. The molecule has 0 aromatic carbocycles. The third kappa shape index (κ3) is 2.70. The van der Waals surface area contributed by atoms with Crippen LogP contribution in [0.2, 0.25) is 0 Å². The predicted octanol–water partition coefficient (Wildman–Crippen LogP) is 1.58. The molecule has 0 fully saturated rings. The van der Waals surface area contributed by atoms with Crippen LogP contribution in [0.15, 0.2) is 30.9 Å². The van der Waals surface area contributed by atoms with Crippen molar-refractivity contribution in [3.05, 3.63) is 30.9 Å². The Hall–Kier alpha value is -1.09. The molecule has 2 rings (SSSR count). The van der Waals surface area contributed by atoms with Crippen molar-refractivity contribution in [1.29, 1.82) is 0 Å².